The molecule has 0 heterocycles. The predicted octanol–water partition coefficient (Wildman–Crippen LogP) is 5.66. The van der Waals surface area contributed by atoms with Crippen molar-refractivity contribution in [1.82, 2.24) is 10.2 Å². The summed E-state index contributed by atoms with van der Waals surface area (Å²) < 4.78 is 14.2. The maximum Gasteiger partial charge on any atom is 0.242 e. The van der Waals surface area contributed by atoms with Crippen molar-refractivity contribution in [3.63, 3.8) is 0 Å². The maximum absolute atomic E-state index is 14.2. The normalized spacial score (nSPS) is 11.8. The number of amides is 2. The Balaban J connectivity index is 2.27. The topological polar surface area (TPSA) is 49.4 Å². The highest BCUT2D eigenvalue weighted by atomic mass is 35.5. The van der Waals surface area contributed by atoms with Crippen molar-refractivity contribution in [3.05, 3.63) is 68.4 Å². The van der Waals surface area contributed by atoms with E-state index in [1.165, 1.54) is 23.1 Å². The fourth-order valence-corrected chi connectivity index (χ4v) is 3.46. The van der Waals surface area contributed by atoms with Crippen LogP contribution in [-0.4, -0.2) is 29.3 Å². The van der Waals surface area contributed by atoms with E-state index in [1.54, 1.807) is 25.1 Å². The van der Waals surface area contributed by atoms with Crippen molar-refractivity contribution in [3.8, 4) is 0 Å². The molecule has 0 radical (unpaired) electrons. The summed E-state index contributed by atoms with van der Waals surface area (Å²) in [5.41, 5.74) is 0.799. The molecule has 0 aliphatic rings. The molecule has 1 N–H and O–H groups in total. The van der Waals surface area contributed by atoms with Crippen molar-refractivity contribution in [2.45, 2.75) is 45.7 Å². The first-order valence-corrected chi connectivity index (χ1v) is 10.8. The van der Waals surface area contributed by atoms with Crippen LogP contribution in [0.4, 0.5) is 4.39 Å². The van der Waals surface area contributed by atoms with Gasteiger partial charge in [0.05, 0.1) is 16.5 Å². The van der Waals surface area contributed by atoms with E-state index < -0.39 is 17.8 Å². The number of rotatable bonds is 9. The molecule has 0 saturated heterocycles. The second-order valence-electron chi connectivity index (χ2n) is 6.97. The van der Waals surface area contributed by atoms with Gasteiger partial charge >= 0.3 is 0 Å². The standard InChI is InChI=1S/C22H24Cl3FN2O2/c1-3-4-10-27-22(30)14(2)28(13-15-8-9-18(24)19(25)11-15)21(29)12-16-17(23)6-5-7-20(16)26/h5-9,11,14H,3-4,10,12-13H2,1-2H3,(H,27,30). The minimum Gasteiger partial charge on any atom is -0.354 e. The van der Waals surface area contributed by atoms with E-state index in [0.717, 1.165) is 12.8 Å². The van der Waals surface area contributed by atoms with Crippen LogP contribution in [0.5, 0.6) is 0 Å². The molecule has 2 rings (SSSR count). The molecule has 1 atom stereocenters. The molecule has 2 amide bonds. The average molecular weight is 474 g/mol. The number of nitrogens with zero attached hydrogens (tertiary/aromatic N) is 1. The zero-order chi connectivity index (χ0) is 22.3. The van der Waals surface area contributed by atoms with E-state index in [0.29, 0.717) is 22.2 Å². The fraction of sp³-hybridized carbons (Fsp3) is 0.364. The van der Waals surface area contributed by atoms with Gasteiger partial charge in [-0.2, -0.15) is 0 Å². The molecule has 4 nitrogen and oxygen atoms in total. The van der Waals surface area contributed by atoms with Gasteiger partial charge < -0.3 is 10.2 Å². The first-order valence-electron chi connectivity index (χ1n) is 9.68. The summed E-state index contributed by atoms with van der Waals surface area (Å²) in [6.07, 6.45) is 1.51. The number of carbonyl (C=O) groups is 2. The maximum atomic E-state index is 14.2. The molecule has 2 aromatic carbocycles. The molecule has 0 spiro atoms. The van der Waals surface area contributed by atoms with Gasteiger partial charge in [-0.05, 0) is 43.2 Å². The lowest BCUT2D eigenvalue weighted by molar-refractivity contribution is -0.140. The van der Waals surface area contributed by atoms with Gasteiger partial charge in [0.15, 0.2) is 0 Å². The highest BCUT2D eigenvalue weighted by molar-refractivity contribution is 6.42. The number of carbonyl (C=O) groups excluding carboxylic acids is 2. The van der Waals surface area contributed by atoms with Crippen molar-refractivity contribution in [2.75, 3.05) is 6.54 Å². The van der Waals surface area contributed by atoms with Gasteiger partial charge in [-0.3, -0.25) is 9.59 Å². The first kappa shape index (κ1) is 24.4. The van der Waals surface area contributed by atoms with Gasteiger partial charge in [-0.1, -0.05) is 60.3 Å². The summed E-state index contributed by atoms with van der Waals surface area (Å²) in [5, 5.41) is 3.73. The van der Waals surface area contributed by atoms with Crippen LogP contribution < -0.4 is 5.32 Å². The lowest BCUT2D eigenvalue weighted by Gasteiger charge is -2.29. The van der Waals surface area contributed by atoms with Crippen LogP contribution >= 0.6 is 34.8 Å². The Labute approximate surface area is 191 Å². The molecule has 30 heavy (non-hydrogen) atoms. The van der Waals surface area contributed by atoms with Gasteiger partial charge in [0, 0.05) is 23.7 Å². The molecule has 0 aromatic heterocycles. The van der Waals surface area contributed by atoms with E-state index in [-0.39, 0.29) is 29.5 Å². The number of halogens is 4. The SMILES string of the molecule is CCCCNC(=O)C(C)N(Cc1ccc(Cl)c(Cl)c1)C(=O)Cc1c(F)cccc1Cl. The number of nitrogens with one attached hydrogen (secondary N) is 1. The van der Waals surface area contributed by atoms with Gasteiger partial charge in [0.2, 0.25) is 11.8 Å². The molecule has 1 unspecified atom stereocenters. The lowest BCUT2D eigenvalue weighted by Crippen LogP contribution is -2.48. The average Bonchev–Trinajstić information content (AvgIpc) is 2.71. The smallest absolute Gasteiger partial charge is 0.242 e. The summed E-state index contributed by atoms with van der Waals surface area (Å²) in [6.45, 7) is 4.30. The fourth-order valence-electron chi connectivity index (χ4n) is 2.91. The van der Waals surface area contributed by atoms with Crippen LogP contribution in [0.1, 0.15) is 37.8 Å². The molecule has 0 bridgehead atoms. The van der Waals surface area contributed by atoms with E-state index in [9.17, 15) is 14.0 Å². The van der Waals surface area contributed by atoms with Crippen LogP contribution in [0, 0.1) is 5.82 Å². The third kappa shape index (κ3) is 6.59. The summed E-state index contributed by atoms with van der Waals surface area (Å²) in [5.74, 6) is -1.27. The minimum atomic E-state index is -0.769. The van der Waals surface area contributed by atoms with Crippen molar-refractivity contribution in [2.24, 2.45) is 0 Å². The second kappa shape index (κ2) is 11.5. The summed E-state index contributed by atoms with van der Waals surface area (Å²) in [6, 6.07) is 8.48. The first-order chi connectivity index (χ1) is 14.2. The van der Waals surface area contributed by atoms with Crippen molar-refractivity contribution >= 4 is 46.6 Å². The number of unbranched alkanes of at least 4 members (excludes halogenated alkanes) is 1. The molecule has 0 fully saturated rings. The summed E-state index contributed by atoms with van der Waals surface area (Å²) in [7, 11) is 0. The van der Waals surface area contributed by atoms with Gasteiger partial charge in [0.1, 0.15) is 11.9 Å². The predicted molar refractivity (Wildman–Crippen MR) is 120 cm³/mol. The van der Waals surface area contributed by atoms with Crippen LogP contribution in [0.2, 0.25) is 15.1 Å². The third-order valence-corrected chi connectivity index (χ3v) is 5.82. The molecule has 0 aliphatic carbocycles. The van der Waals surface area contributed by atoms with Gasteiger partial charge in [-0.15, -0.1) is 0 Å². The Morgan fingerprint density at radius 2 is 1.83 bits per heavy atom. The number of hydrogen-bond donors (Lipinski definition) is 1. The van der Waals surface area contributed by atoms with E-state index >= 15 is 0 Å². The zero-order valence-corrected chi connectivity index (χ0v) is 19.1. The molecule has 2 aromatic rings. The second-order valence-corrected chi connectivity index (χ2v) is 8.19. The summed E-state index contributed by atoms with van der Waals surface area (Å²) >= 11 is 18.1. The Morgan fingerprint density at radius 1 is 1.10 bits per heavy atom. The molecule has 162 valence electrons. The highest BCUT2D eigenvalue weighted by Gasteiger charge is 2.27. The molecular weight excluding hydrogens is 450 g/mol. The van der Waals surface area contributed by atoms with Crippen LogP contribution in [0.3, 0.4) is 0 Å². The molecule has 0 aliphatic heterocycles. The Bertz CT molecular complexity index is 888. The molecular formula is C22H24Cl3FN2O2. The van der Waals surface area contributed by atoms with Crippen LogP contribution in [0.25, 0.3) is 0 Å². The number of benzene rings is 2. The molecule has 0 saturated carbocycles. The zero-order valence-electron chi connectivity index (χ0n) is 16.9. The number of hydrogen-bond acceptors (Lipinski definition) is 2. The van der Waals surface area contributed by atoms with E-state index in [4.69, 9.17) is 34.8 Å². The quantitative estimate of drug-likeness (QED) is 0.478. The van der Waals surface area contributed by atoms with Crippen LogP contribution in [0.15, 0.2) is 36.4 Å². The van der Waals surface area contributed by atoms with Crippen LogP contribution in [-0.2, 0) is 22.6 Å². The van der Waals surface area contributed by atoms with Gasteiger partial charge in [0.25, 0.3) is 0 Å². The highest BCUT2D eigenvalue weighted by Crippen LogP contribution is 2.25. The molecule has 8 heteroatoms. The van der Waals surface area contributed by atoms with E-state index in [2.05, 4.69) is 5.32 Å². The largest absolute Gasteiger partial charge is 0.354 e. The minimum absolute atomic E-state index is 0.0990. The van der Waals surface area contributed by atoms with Gasteiger partial charge in [-0.25, -0.2) is 4.39 Å². The Hall–Kier alpha value is -1.82. The monoisotopic (exact) mass is 472 g/mol. The summed E-state index contributed by atoms with van der Waals surface area (Å²) in [4.78, 5) is 27.1. The van der Waals surface area contributed by atoms with Crippen molar-refractivity contribution in [1.29, 1.82) is 0 Å². The Morgan fingerprint density at radius 3 is 2.47 bits per heavy atom. The van der Waals surface area contributed by atoms with E-state index in [1.807, 2.05) is 6.92 Å². The third-order valence-electron chi connectivity index (χ3n) is 4.72. The Kier molecular flexibility index (Phi) is 9.40. The lowest BCUT2D eigenvalue weighted by atomic mass is 10.1. The van der Waals surface area contributed by atoms with Crippen molar-refractivity contribution < 1.29 is 14.0 Å².